The van der Waals surface area contributed by atoms with Crippen molar-refractivity contribution in [2.24, 2.45) is 0 Å². The van der Waals surface area contributed by atoms with Gasteiger partial charge in [-0.05, 0) is 12.1 Å². The van der Waals surface area contributed by atoms with Gasteiger partial charge in [-0.25, -0.2) is 0 Å². The zero-order valence-electron chi connectivity index (χ0n) is 11.3. The van der Waals surface area contributed by atoms with Crippen LogP contribution in [-0.4, -0.2) is 17.0 Å². The summed E-state index contributed by atoms with van der Waals surface area (Å²) in [5.41, 5.74) is 5.66. The molecule has 1 heterocycles. The quantitative estimate of drug-likeness (QED) is 0.771. The van der Waals surface area contributed by atoms with Gasteiger partial charge in [0, 0.05) is 28.9 Å². The number of halogens is 1. The van der Waals surface area contributed by atoms with Gasteiger partial charge in [0.25, 0.3) is 0 Å². The van der Waals surface area contributed by atoms with Gasteiger partial charge in [0.05, 0.1) is 0 Å². The van der Waals surface area contributed by atoms with Crippen LogP contribution < -0.4 is 15.8 Å². The third-order valence-corrected chi connectivity index (χ3v) is 3.35. The van der Waals surface area contributed by atoms with Gasteiger partial charge in [0.15, 0.2) is 0 Å². The molecule has 106 valence electrons. The number of rotatable bonds is 3. The maximum atomic E-state index is 6.19. The van der Waals surface area contributed by atoms with E-state index >= 15 is 0 Å². The standard InChI is InChI=1S/C15H13ClN4O/c1-18-13-8-14(20-15(17)19-13)21-12-7-6-11(16)9-4-2-3-5-10(9)12/h2-8H,1H3,(H3,17,18,19,20). The number of hydrogen-bond acceptors (Lipinski definition) is 5. The Morgan fingerprint density at radius 3 is 2.62 bits per heavy atom. The molecule has 0 radical (unpaired) electrons. The molecule has 0 saturated heterocycles. The van der Waals surface area contributed by atoms with Crippen LogP contribution in [0.1, 0.15) is 0 Å². The fourth-order valence-corrected chi connectivity index (χ4v) is 2.29. The molecule has 1 aromatic heterocycles. The van der Waals surface area contributed by atoms with Gasteiger partial charge in [-0.1, -0.05) is 35.9 Å². The van der Waals surface area contributed by atoms with Crippen LogP contribution in [0.2, 0.25) is 5.02 Å². The molecule has 3 N–H and O–H groups in total. The van der Waals surface area contributed by atoms with Crippen LogP contribution in [0.5, 0.6) is 11.6 Å². The Labute approximate surface area is 126 Å². The Bertz CT molecular complexity index is 807. The van der Waals surface area contributed by atoms with Gasteiger partial charge < -0.3 is 15.8 Å². The monoisotopic (exact) mass is 300 g/mol. The van der Waals surface area contributed by atoms with E-state index in [1.807, 2.05) is 30.3 Å². The lowest BCUT2D eigenvalue weighted by Crippen LogP contribution is -2.01. The molecule has 0 atom stereocenters. The highest BCUT2D eigenvalue weighted by atomic mass is 35.5. The van der Waals surface area contributed by atoms with Crippen molar-refractivity contribution < 1.29 is 4.74 Å². The summed E-state index contributed by atoms with van der Waals surface area (Å²) in [7, 11) is 1.75. The van der Waals surface area contributed by atoms with E-state index in [4.69, 9.17) is 22.1 Å². The summed E-state index contributed by atoms with van der Waals surface area (Å²) in [6.45, 7) is 0. The fraction of sp³-hybridized carbons (Fsp3) is 0.0667. The van der Waals surface area contributed by atoms with E-state index in [1.54, 1.807) is 19.2 Å². The number of fused-ring (bicyclic) bond motifs is 1. The van der Waals surface area contributed by atoms with E-state index in [0.717, 1.165) is 10.8 Å². The van der Waals surface area contributed by atoms with Crippen LogP contribution in [0, 0.1) is 0 Å². The minimum Gasteiger partial charge on any atom is -0.438 e. The first kappa shape index (κ1) is 13.5. The average Bonchev–Trinajstić information content (AvgIpc) is 2.50. The highest BCUT2D eigenvalue weighted by Gasteiger charge is 2.08. The second kappa shape index (κ2) is 5.46. The maximum absolute atomic E-state index is 6.19. The fourth-order valence-electron chi connectivity index (χ4n) is 2.06. The lowest BCUT2D eigenvalue weighted by atomic mass is 10.1. The van der Waals surface area contributed by atoms with Crippen molar-refractivity contribution in [3.05, 3.63) is 47.5 Å². The SMILES string of the molecule is CNc1cc(Oc2ccc(Cl)c3ccccc23)nc(N)n1. The van der Waals surface area contributed by atoms with Crippen molar-refractivity contribution >= 4 is 34.1 Å². The summed E-state index contributed by atoms with van der Waals surface area (Å²) in [5.74, 6) is 1.78. The third-order valence-electron chi connectivity index (χ3n) is 3.02. The van der Waals surface area contributed by atoms with Gasteiger partial charge in [-0.2, -0.15) is 9.97 Å². The Hall–Kier alpha value is -2.53. The first-order valence-corrected chi connectivity index (χ1v) is 6.72. The highest BCUT2D eigenvalue weighted by molar-refractivity contribution is 6.35. The summed E-state index contributed by atoms with van der Waals surface area (Å²) >= 11 is 6.19. The van der Waals surface area contributed by atoms with E-state index in [2.05, 4.69) is 15.3 Å². The van der Waals surface area contributed by atoms with Crippen LogP contribution in [0.25, 0.3) is 10.8 Å². The Balaban J connectivity index is 2.06. The number of nitrogen functional groups attached to an aromatic ring is 1. The van der Waals surface area contributed by atoms with Gasteiger partial charge in [-0.15, -0.1) is 0 Å². The number of hydrogen-bond donors (Lipinski definition) is 2. The molecule has 0 bridgehead atoms. The van der Waals surface area contributed by atoms with Crippen LogP contribution in [-0.2, 0) is 0 Å². The van der Waals surface area contributed by atoms with Gasteiger partial charge in [-0.3, -0.25) is 0 Å². The number of anilines is 2. The lowest BCUT2D eigenvalue weighted by molar-refractivity contribution is 0.468. The smallest absolute Gasteiger partial charge is 0.226 e. The number of nitrogens with zero attached hydrogens (tertiary/aromatic N) is 2. The summed E-state index contributed by atoms with van der Waals surface area (Å²) in [4.78, 5) is 8.10. The summed E-state index contributed by atoms with van der Waals surface area (Å²) in [5, 5.41) is 5.42. The van der Waals surface area contributed by atoms with Crippen molar-refractivity contribution in [2.45, 2.75) is 0 Å². The molecule has 0 aliphatic carbocycles. The topological polar surface area (TPSA) is 73.1 Å². The molecule has 0 amide bonds. The minimum atomic E-state index is 0.148. The predicted octanol–water partition coefficient (Wildman–Crippen LogP) is 3.70. The molecule has 2 aromatic carbocycles. The second-order valence-corrected chi connectivity index (χ2v) is 4.80. The first-order valence-electron chi connectivity index (χ1n) is 6.35. The largest absolute Gasteiger partial charge is 0.438 e. The molecule has 0 aliphatic rings. The second-order valence-electron chi connectivity index (χ2n) is 4.39. The van der Waals surface area contributed by atoms with Crippen molar-refractivity contribution in [1.82, 2.24) is 9.97 Å². The van der Waals surface area contributed by atoms with Crippen molar-refractivity contribution in [2.75, 3.05) is 18.1 Å². The van der Waals surface area contributed by atoms with E-state index in [0.29, 0.717) is 22.5 Å². The van der Waals surface area contributed by atoms with Crippen LogP contribution in [0.3, 0.4) is 0 Å². The van der Waals surface area contributed by atoms with Crippen LogP contribution in [0.15, 0.2) is 42.5 Å². The van der Waals surface area contributed by atoms with Crippen molar-refractivity contribution in [1.29, 1.82) is 0 Å². The molecule has 0 saturated carbocycles. The Morgan fingerprint density at radius 1 is 1.10 bits per heavy atom. The molecule has 3 aromatic rings. The van der Waals surface area contributed by atoms with E-state index in [1.165, 1.54) is 0 Å². The molecule has 0 spiro atoms. The molecule has 3 rings (SSSR count). The van der Waals surface area contributed by atoms with E-state index < -0.39 is 0 Å². The van der Waals surface area contributed by atoms with E-state index in [-0.39, 0.29) is 5.95 Å². The van der Waals surface area contributed by atoms with Gasteiger partial charge >= 0.3 is 0 Å². The molecule has 0 aliphatic heterocycles. The lowest BCUT2D eigenvalue weighted by Gasteiger charge is -2.10. The summed E-state index contributed by atoms with van der Waals surface area (Å²) in [6.07, 6.45) is 0. The van der Waals surface area contributed by atoms with Crippen molar-refractivity contribution in [3.8, 4) is 11.6 Å². The predicted molar refractivity (Wildman–Crippen MR) is 85.0 cm³/mol. The number of benzene rings is 2. The number of nitrogens with two attached hydrogens (primary N) is 1. The molecule has 21 heavy (non-hydrogen) atoms. The van der Waals surface area contributed by atoms with Crippen molar-refractivity contribution in [3.63, 3.8) is 0 Å². The maximum Gasteiger partial charge on any atom is 0.226 e. The Kier molecular flexibility index (Phi) is 3.50. The summed E-state index contributed by atoms with van der Waals surface area (Å²) < 4.78 is 5.84. The van der Waals surface area contributed by atoms with Crippen LogP contribution >= 0.6 is 11.6 Å². The van der Waals surface area contributed by atoms with E-state index in [9.17, 15) is 0 Å². The zero-order chi connectivity index (χ0) is 14.8. The number of ether oxygens (including phenoxy) is 1. The molecule has 5 nitrogen and oxygen atoms in total. The normalized spacial score (nSPS) is 10.6. The molecule has 0 unspecified atom stereocenters. The average molecular weight is 301 g/mol. The van der Waals surface area contributed by atoms with Gasteiger partial charge in [0.2, 0.25) is 11.8 Å². The summed E-state index contributed by atoms with van der Waals surface area (Å²) in [6, 6.07) is 13.0. The third kappa shape index (κ3) is 2.68. The molecular weight excluding hydrogens is 288 g/mol. The number of aromatic nitrogens is 2. The zero-order valence-corrected chi connectivity index (χ0v) is 12.1. The molecule has 6 heteroatoms. The minimum absolute atomic E-state index is 0.148. The number of nitrogens with one attached hydrogen (secondary N) is 1. The highest BCUT2D eigenvalue weighted by Crippen LogP contribution is 2.33. The molecule has 0 fully saturated rings. The van der Waals surface area contributed by atoms with Gasteiger partial charge in [0.1, 0.15) is 11.6 Å². The Morgan fingerprint density at radius 2 is 1.86 bits per heavy atom. The van der Waals surface area contributed by atoms with Crippen LogP contribution in [0.4, 0.5) is 11.8 Å². The molecular formula is C15H13ClN4O. The first-order chi connectivity index (χ1) is 10.2.